The quantitative estimate of drug-likeness (QED) is 0.765. The van der Waals surface area contributed by atoms with Gasteiger partial charge >= 0.3 is 0 Å². The van der Waals surface area contributed by atoms with Crippen LogP contribution < -0.4 is 4.72 Å². The van der Waals surface area contributed by atoms with Crippen molar-refractivity contribution in [3.63, 3.8) is 0 Å². The number of hydrogen-bond acceptors (Lipinski definition) is 4. The number of rotatable bonds is 6. The van der Waals surface area contributed by atoms with Crippen molar-refractivity contribution in [1.82, 2.24) is 4.72 Å². The van der Waals surface area contributed by atoms with Crippen LogP contribution in [0.25, 0.3) is 0 Å². The molecule has 0 aliphatic heterocycles. The number of aliphatic hydroxyl groups excluding tert-OH is 1. The van der Waals surface area contributed by atoms with Gasteiger partial charge in [0.1, 0.15) is 4.21 Å². The van der Waals surface area contributed by atoms with E-state index >= 15 is 0 Å². The molecular weight excluding hydrogens is 398 g/mol. The van der Waals surface area contributed by atoms with Gasteiger partial charge in [-0.1, -0.05) is 23.7 Å². The summed E-state index contributed by atoms with van der Waals surface area (Å²) in [6.45, 7) is 0.144. The summed E-state index contributed by atoms with van der Waals surface area (Å²) < 4.78 is 27.5. The van der Waals surface area contributed by atoms with E-state index < -0.39 is 16.1 Å². The van der Waals surface area contributed by atoms with E-state index in [1.807, 2.05) is 0 Å². The predicted molar refractivity (Wildman–Crippen MR) is 88.2 cm³/mol. The lowest BCUT2D eigenvalue weighted by molar-refractivity contribution is 0.169. The van der Waals surface area contributed by atoms with Crippen LogP contribution in [0.5, 0.6) is 0 Å². The average molecular weight is 411 g/mol. The van der Waals surface area contributed by atoms with Crippen LogP contribution in [0, 0.1) is 0 Å². The van der Waals surface area contributed by atoms with E-state index in [1.54, 1.807) is 30.3 Å². The largest absolute Gasteiger partial charge is 0.388 e. The molecule has 21 heavy (non-hydrogen) atoms. The van der Waals surface area contributed by atoms with Gasteiger partial charge in [-0.05, 0) is 52.2 Å². The first-order valence-corrected chi connectivity index (χ1v) is 9.54. The summed E-state index contributed by atoms with van der Waals surface area (Å²) in [6.07, 6.45) is -0.493. The monoisotopic (exact) mass is 409 g/mol. The molecule has 1 heterocycles. The first-order valence-electron chi connectivity index (χ1n) is 6.07. The number of hydrogen-bond donors (Lipinski definition) is 2. The van der Waals surface area contributed by atoms with E-state index in [4.69, 9.17) is 11.6 Å². The standard InChI is InChI=1S/C13H13BrClNO3S2/c14-12-4-5-13(20-12)21(18,19)16-7-6-11(17)9-2-1-3-10(15)8-9/h1-5,8,11,16-17H,6-7H2/t11-/m1/s1. The second kappa shape index (κ2) is 7.21. The van der Waals surface area contributed by atoms with Crippen LogP contribution in [0.1, 0.15) is 18.1 Å². The van der Waals surface area contributed by atoms with Gasteiger partial charge in [0.25, 0.3) is 0 Å². The van der Waals surface area contributed by atoms with Gasteiger partial charge in [0.05, 0.1) is 9.89 Å². The van der Waals surface area contributed by atoms with Crippen molar-refractivity contribution in [2.45, 2.75) is 16.7 Å². The SMILES string of the molecule is O=S(=O)(NCC[C@@H](O)c1cccc(Cl)c1)c1ccc(Br)s1. The Hall–Kier alpha value is -0.440. The van der Waals surface area contributed by atoms with E-state index in [2.05, 4.69) is 20.7 Å². The molecule has 0 saturated carbocycles. The zero-order valence-corrected chi connectivity index (χ0v) is 14.8. The van der Waals surface area contributed by atoms with Crippen LogP contribution >= 0.6 is 38.9 Å². The summed E-state index contributed by atoms with van der Waals surface area (Å²) in [5.74, 6) is 0. The topological polar surface area (TPSA) is 66.4 Å². The molecule has 0 spiro atoms. The third kappa shape index (κ3) is 4.77. The number of aliphatic hydroxyl groups is 1. The fourth-order valence-corrected chi connectivity index (χ4v) is 5.02. The normalized spacial score (nSPS) is 13.3. The minimum Gasteiger partial charge on any atom is -0.388 e. The number of benzene rings is 1. The van der Waals surface area contributed by atoms with E-state index in [0.717, 1.165) is 15.1 Å². The molecular formula is C13H13BrClNO3S2. The molecule has 8 heteroatoms. The second-order valence-electron chi connectivity index (χ2n) is 4.32. The van der Waals surface area contributed by atoms with E-state index in [1.165, 1.54) is 6.07 Å². The Morgan fingerprint density at radius 1 is 1.33 bits per heavy atom. The van der Waals surface area contributed by atoms with Crippen LogP contribution in [-0.2, 0) is 10.0 Å². The fourth-order valence-electron chi connectivity index (χ4n) is 1.72. The average Bonchev–Trinajstić information content (AvgIpc) is 2.86. The van der Waals surface area contributed by atoms with Gasteiger partial charge in [-0.3, -0.25) is 0 Å². The molecule has 2 rings (SSSR count). The lowest BCUT2D eigenvalue weighted by atomic mass is 10.1. The van der Waals surface area contributed by atoms with Gasteiger partial charge in [-0.2, -0.15) is 0 Å². The van der Waals surface area contributed by atoms with Gasteiger partial charge in [-0.25, -0.2) is 13.1 Å². The Labute approximate surface area is 140 Å². The lowest BCUT2D eigenvalue weighted by Crippen LogP contribution is -2.25. The molecule has 0 unspecified atom stereocenters. The van der Waals surface area contributed by atoms with Crippen LogP contribution in [0.2, 0.25) is 5.02 Å². The second-order valence-corrected chi connectivity index (χ2v) is 9.21. The highest BCUT2D eigenvalue weighted by molar-refractivity contribution is 9.11. The highest BCUT2D eigenvalue weighted by Crippen LogP contribution is 2.26. The van der Waals surface area contributed by atoms with Crippen LogP contribution in [-0.4, -0.2) is 20.1 Å². The summed E-state index contributed by atoms with van der Waals surface area (Å²) in [7, 11) is -3.52. The van der Waals surface area contributed by atoms with Crippen molar-refractivity contribution < 1.29 is 13.5 Å². The van der Waals surface area contributed by atoms with Crippen molar-refractivity contribution in [3.05, 3.63) is 50.8 Å². The molecule has 4 nitrogen and oxygen atoms in total. The maximum absolute atomic E-state index is 12.0. The molecule has 1 aromatic carbocycles. The van der Waals surface area contributed by atoms with E-state index in [0.29, 0.717) is 10.6 Å². The van der Waals surface area contributed by atoms with Gasteiger partial charge in [-0.15, -0.1) is 11.3 Å². The third-order valence-corrected chi connectivity index (χ3v) is 6.57. The Bertz CT molecular complexity index is 718. The third-order valence-electron chi connectivity index (χ3n) is 2.76. The fraction of sp³-hybridized carbons (Fsp3) is 0.231. The molecule has 0 aliphatic rings. The first-order chi connectivity index (χ1) is 9.88. The molecule has 0 bridgehead atoms. The maximum Gasteiger partial charge on any atom is 0.250 e. The molecule has 2 aromatic rings. The maximum atomic E-state index is 12.0. The number of sulfonamides is 1. The molecule has 2 N–H and O–H groups in total. The Morgan fingerprint density at radius 3 is 2.71 bits per heavy atom. The van der Waals surface area contributed by atoms with E-state index in [9.17, 15) is 13.5 Å². The van der Waals surface area contributed by atoms with Gasteiger partial charge in [0.15, 0.2) is 0 Å². The summed E-state index contributed by atoms with van der Waals surface area (Å²) in [5.41, 5.74) is 0.667. The van der Waals surface area contributed by atoms with Crippen LogP contribution in [0.15, 0.2) is 44.4 Å². The Morgan fingerprint density at radius 2 is 2.10 bits per heavy atom. The molecule has 1 atom stereocenters. The zero-order valence-electron chi connectivity index (χ0n) is 10.8. The summed E-state index contributed by atoms with van der Waals surface area (Å²) in [5, 5.41) is 10.6. The molecule has 0 aliphatic carbocycles. The van der Waals surface area contributed by atoms with Gasteiger partial charge in [0, 0.05) is 11.6 Å². The number of nitrogens with one attached hydrogen (secondary N) is 1. The molecule has 0 fully saturated rings. The van der Waals surface area contributed by atoms with Crippen molar-refractivity contribution in [2.24, 2.45) is 0 Å². The van der Waals surface area contributed by atoms with Crippen LogP contribution in [0.4, 0.5) is 0 Å². The predicted octanol–water partition coefficient (Wildman–Crippen LogP) is 3.57. The van der Waals surface area contributed by atoms with Crippen molar-refractivity contribution in [3.8, 4) is 0 Å². The lowest BCUT2D eigenvalue weighted by Gasteiger charge is -2.11. The highest BCUT2D eigenvalue weighted by atomic mass is 79.9. The van der Waals surface area contributed by atoms with Crippen molar-refractivity contribution >= 4 is 48.9 Å². The minimum atomic E-state index is -3.52. The van der Waals surface area contributed by atoms with Crippen molar-refractivity contribution in [2.75, 3.05) is 6.54 Å². The van der Waals surface area contributed by atoms with Gasteiger partial charge < -0.3 is 5.11 Å². The molecule has 1 aromatic heterocycles. The molecule has 114 valence electrons. The molecule has 0 radical (unpaired) electrons. The highest BCUT2D eigenvalue weighted by Gasteiger charge is 2.17. The van der Waals surface area contributed by atoms with Crippen LogP contribution in [0.3, 0.4) is 0 Å². The van der Waals surface area contributed by atoms with Crippen molar-refractivity contribution in [1.29, 1.82) is 0 Å². The zero-order chi connectivity index (χ0) is 15.5. The smallest absolute Gasteiger partial charge is 0.250 e. The Kier molecular flexibility index (Phi) is 5.81. The molecule has 0 saturated heterocycles. The van der Waals surface area contributed by atoms with Gasteiger partial charge in [0.2, 0.25) is 10.0 Å². The summed E-state index contributed by atoms with van der Waals surface area (Å²) in [6, 6.07) is 10.1. The number of thiophene rings is 1. The summed E-state index contributed by atoms with van der Waals surface area (Å²) >= 11 is 10.2. The summed E-state index contributed by atoms with van der Waals surface area (Å²) in [4.78, 5) is 0. The molecule has 0 amide bonds. The first kappa shape index (κ1) is 16.9. The minimum absolute atomic E-state index is 0.144. The van der Waals surface area contributed by atoms with E-state index in [-0.39, 0.29) is 17.2 Å². The Balaban J connectivity index is 1.92. The number of halogens is 2.